The second-order valence-electron chi connectivity index (χ2n) is 6.04. The van der Waals surface area contributed by atoms with Crippen molar-refractivity contribution in [3.8, 4) is 22.3 Å². The monoisotopic (exact) mass is 456 g/mol. The minimum absolute atomic E-state index is 0.0354. The molecule has 0 saturated heterocycles. The molecule has 164 valence electrons. The van der Waals surface area contributed by atoms with E-state index in [1.165, 1.54) is 31.5 Å². The van der Waals surface area contributed by atoms with Crippen LogP contribution in [-0.4, -0.2) is 36.3 Å². The van der Waals surface area contributed by atoms with Gasteiger partial charge in [0.1, 0.15) is 18.1 Å². The highest BCUT2D eigenvalue weighted by atomic mass is 32.1. The number of hydrogen-bond acceptors (Lipinski definition) is 7. The van der Waals surface area contributed by atoms with Crippen molar-refractivity contribution < 1.29 is 36.6 Å². The molecule has 0 spiro atoms. The SMILES string of the molecule is COC(=O)c1ccc(-c2nc(Oc3ccc(C(F)(F)F)cc3)sc2COCCF)nc1. The van der Waals surface area contributed by atoms with E-state index in [0.717, 1.165) is 23.5 Å². The van der Waals surface area contributed by atoms with Crippen LogP contribution in [0.3, 0.4) is 0 Å². The molecule has 3 rings (SSSR count). The summed E-state index contributed by atoms with van der Waals surface area (Å²) in [7, 11) is 1.25. The molecule has 2 heterocycles. The van der Waals surface area contributed by atoms with Crippen LogP contribution in [-0.2, 0) is 22.3 Å². The van der Waals surface area contributed by atoms with Gasteiger partial charge in [0.15, 0.2) is 0 Å². The van der Waals surface area contributed by atoms with E-state index in [0.29, 0.717) is 16.3 Å². The molecule has 0 bridgehead atoms. The van der Waals surface area contributed by atoms with Crippen molar-refractivity contribution in [3.63, 3.8) is 0 Å². The maximum Gasteiger partial charge on any atom is 0.416 e. The molecule has 0 unspecified atom stereocenters. The summed E-state index contributed by atoms with van der Waals surface area (Å²) in [6, 6.07) is 7.25. The Hall–Kier alpha value is -3.05. The van der Waals surface area contributed by atoms with Crippen molar-refractivity contribution in [2.45, 2.75) is 12.8 Å². The number of thiazole rings is 1. The Morgan fingerprint density at radius 2 is 1.87 bits per heavy atom. The lowest BCUT2D eigenvalue weighted by atomic mass is 10.2. The van der Waals surface area contributed by atoms with Gasteiger partial charge in [-0.05, 0) is 36.4 Å². The number of methoxy groups -OCH3 is 1. The topological polar surface area (TPSA) is 70.5 Å². The number of rotatable bonds is 8. The van der Waals surface area contributed by atoms with Crippen molar-refractivity contribution in [3.05, 3.63) is 58.6 Å². The first-order valence-electron chi connectivity index (χ1n) is 8.85. The number of alkyl halides is 4. The number of benzene rings is 1. The molecule has 31 heavy (non-hydrogen) atoms. The largest absolute Gasteiger partial charge is 0.465 e. The van der Waals surface area contributed by atoms with Crippen LogP contribution >= 0.6 is 11.3 Å². The number of carbonyl (C=O) groups is 1. The van der Waals surface area contributed by atoms with E-state index < -0.39 is 24.4 Å². The zero-order valence-corrected chi connectivity index (χ0v) is 16.9. The lowest BCUT2D eigenvalue weighted by Crippen LogP contribution is -2.03. The van der Waals surface area contributed by atoms with Gasteiger partial charge in [-0.2, -0.15) is 13.2 Å². The predicted molar refractivity (Wildman–Crippen MR) is 104 cm³/mol. The van der Waals surface area contributed by atoms with Crippen LogP contribution in [0.1, 0.15) is 20.8 Å². The van der Waals surface area contributed by atoms with Gasteiger partial charge in [0.2, 0.25) is 0 Å². The fourth-order valence-corrected chi connectivity index (χ4v) is 3.35. The average Bonchev–Trinajstić information content (AvgIpc) is 3.15. The quantitative estimate of drug-likeness (QED) is 0.261. The number of esters is 1. The molecule has 3 aromatic rings. The average molecular weight is 456 g/mol. The number of halogens is 4. The van der Waals surface area contributed by atoms with Gasteiger partial charge in [0.25, 0.3) is 5.19 Å². The molecule has 0 aliphatic rings. The summed E-state index contributed by atoms with van der Waals surface area (Å²) in [4.78, 5) is 20.7. The molecular formula is C20H16F4N2O4S. The fraction of sp³-hybridized carbons (Fsp3) is 0.250. The molecule has 0 aliphatic carbocycles. The summed E-state index contributed by atoms with van der Waals surface area (Å²) in [5, 5.41) is 0.146. The van der Waals surface area contributed by atoms with Crippen molar-refractivity contribution >= 4 is 17.3 Å². The first-order chi connectivity index (χ1) is 14.8. The number of nitrogens with zero attached hydrogens (tertiary/aromatic N) is 2. The van der Waals surface area contributed by atoms with E-state index in [4.69, 9.17) is 9.47 Å². The smallest absolute Gasteiger partial charge is 0.416 e. The maximum atomic E-state index is 12.7. The molecule has 0 aliphatic heterocycles. The summed E-state index contributed by atoms with van der Waals surface area (Å²) < 4.78 is 66.0. The van der Waals surface area contributed by atoms with Crippen molar-refractivity contribution in [2.24, 2.45) is 0 Å². The van der Waals surface area contributed by atoms with Crippen molar-refractivity contribution in [1.82, 2.24) is 9.97 Å². The second-order valence-corrected chi connectivity index (χ2v) is 7.09. The number of pyridine rings is 1. The molecule has 0 fully saturated rings. The Kier molecular flexibility index (Phi) is 7.18. The molecular weight excluding hydrogens is 440 g/mol. The standard InChI is InChI=1S/C20H16F4N2O4S/c1-28-18(27)12-2-7-15(25-10-12)17-16(11-29-9-8-21)31-19(26-17)30-14-5-3-13(4-6-14)20(22,23)24/h2-7,10H,8-9,11H2,1H3. The Labute approximate surface area is 178 Å². The molecule has 1 aromatic carbocycles. The third-order valence-electron chi connectivity index (χ3n) is 3.95. The van der Waals surface area contributed by atoms with Crippen LogP contribution in [0.4, 0.5) is 17.6 Å². The number of aromatic nitrogens is 2. The van der Waals surface area contributed by atoms with Crippen LogP contribution in [0.5, 0.6) is 10.9 Å². The highest BCUT2D eigenvalue weighted by Crippen LogP contribution is 2.36. The van der Waals surface area contributed by atoms with Gasteiger partial charge < -0.3 is 14.2 Å². The fourth-order valence-electron chi connectivity index (χ4n) is 2.48. The third kappa shape index (κ3) is 5.76. The van der Waals surface area contributed by atoms with Gasteiger partial charge in [0, 0.05) is 6.20 Å². The van der Waals surface area contributed by atoms with Crippen LogP contribution in [0.25, 0.3) is 11.4 Å². The Bertz CT molecular complexity index is 1020. The minimum atomic E-state index is -4.45. The highest BCUT2D eigenvalue weighted by Gasteiger charge is 2.30. The van der Waals surface area contributed by atoms with E-state index in [9.17, 15) is 22.4 Å². The molecule has 0 amide bonds. The Morgan fingerprint density at radius 1 is 1.13 bits per heavy atom. The predicted octanol–water partition coefficient (Wildman–Crippen LogP) is 5.29. The number of ether oxygens (including phenoxy) is 3. The van der Waals surface area contributed by atoms with Gasteiger partial charge in [-0.3, -0.25) is 4.98 Å². The normalized spacial score (nSPS) is 11.4. The van der Waals surface area contributed by atoms with Crippen molar-refractivity contribution in [2.75, 3.05) is 20.4 Å². The third-order valence-corrected chi connectivity index (χ3v) is 4.85. The highest BCUT2D eigenvalue weighted by molar-refractivity contribution is 7.13. The Morgan fingerprint density at radius 3 is 2.45 bits per heavy atom. The molecule has 6 nitrogen and oxygen atoms in total. The summed E-state index contributed by atoms with van der Waals surface area (Å²) in [5.74, 6) is -0.381. The number of hydrogen-bond donors (Lipinski definition) is 0. The van der Waals surface area contributed by atoms with E-state index >= 15 is 0 Å². The van der Waals surface area contributed by atoms with E-state index in [-0.39, 0.29) is 29.7 Å². The summed E-state index contributed by atoms with van der Waals surface area (Å²) >= 11 is 1.09. The lowest BCUT2D eigenvalue weighted by molar-refractivity contribution is -0.137. The van der Waals surface area contributed by atoms with E-state index in [1.807, 2.05) is 0 Å². The number of carbonyl (C=O) groups excluding carboxylic acids is 1. The van der Waals surface area contributed by atoms with Crippen LogP contribution < -0.4 is 4.74 Å². The van der Waals surface area contributed by atoms with Crippen LogP contribution in [0.15, 0.2) is 42.6 Å². The van der Waals surface area contributed by atoms with Crippen molar-refractivity contribution in [1.29, 1.82) is 0 Å². The van der Waals surface area contributed by atoms with Gasteiger partial charge in [-0.25, -0.2) is 14.2 Å². The molecule has 0 saturated carbocycles. The zero-order chi connectivity index (χ0) is 22.4. The van der Waals surface area contributed by atoms with Gasteiger partial charge in [0.05, 0.1) is 42.0 Å². The van der Waals surface area contributed by atoms with Gasteiger partial charge in [-0.15, -0.1) is 0 Å². The Balaban J connectivity index is 1.86. The van der Waals surface area contributed by atoms with E-state index in [2.05, 4.69) is 14.7 Å². The first kappa shape index (κ1) is 22.6. The van der Waals surface area contributed by atoms with Crippen LogP contribution in [0, 0.1) is 0 Å². The molecule has 11 heteroatoms. The zero-order valence-electron chi connectivity index (χ0n) is 16.1. The van der Waals surface area contributed by atoms with E-state index in [1.54, 1.807) is 6.07 Å². The first-order valence-corrected chi connectivity index (χ1v) is 9.66. The molecule has 0 N–H and O–H groups in total. The van der Waals surface area contributed by atoms with Gasteiger partial charge >= 0.3 is 12.1 Å². The van der Waals surface area contributed by atoms with Gasteiger partial charge in [-0.1, -0.05) is 11.3 Å². The summed E-state index contributed by atoms with van der Waals surface area (Å²) in [6.07, 6.45) is -3.13. The maximum absolute atomic E-state index is 12.7. The second kappa shape index (κ2) is 9.84. The summed E-state index contributed by atoms with van der Waals surface area (Å²) in [5.41, 5.74) is 0.250. The lowest BCUT2D eigenvalue weighted by Gasteiger charge is -2.07. The molecule has 0 atom stereocenters. The minimum Gasteiger partial charge on any atom is -0.465 e. The molecule has 2 aromatic heterocycles. The van der Waals surface area contributed by atoms with Crippen LogP contribution in [0.2, 0.25) is 0 Å². The summed E-state index contributed by atoms with van der Waals surface area (Å²) in [6.45, 7) is -0.732. The molecule has 0 radical (unpaired) electrons.